The first-order valence-electron chi connectivity index (χ1n) is 4.40. The highest BCUT2D eigenvalue weighted by Gasteiger charge is 2.15. The maximum absolute atomic E-state index is 11.4. The lowest BCUT2D eigenvalue weighted by Gasteiger charge is -2.20. The van der Waals surface area contributed by atoms with Crippen molar-refractivity contribution in [3.05, 3.63) is 0 Å². The van der Waals surface area contributed by atoms with Crippen LogP contribution in [-0.4, -0.2) is 51.3 Å². The van der Waals surface area contributed by atoms with E-state index in [2.05, 4.69) is 0 Å². The first-order chi connectivity index (χ1) is 6.13. The van der Waals surface area contributed by atoms with Crippen LogP contribution in [0, 0.1) is 0 Å². The highest BCUT2D eigenvalue weighted by atomic mass is 16.5. The topological polar surface area (TPSA) is 38.8 Å². The summed E-state index contributed by atoms with van der Waals surface area (Å²) in [6.45, 7) is 3.13. The molecule has 0 aromatic carbocycles. The van der Waals surface area contributed by atoms with E-state index in [0.29, 0.717) is 13.2 Å². The highest BCUT2D eigenvalue weighted by molar-refractivity contribution is 5.80. The lowest BCUT2D eigenvalue weighted by atomic mass is 10.3. The first-order valence-corrected chi connectivity index (χ1v) is 4.40. The van der Waals surface area contributed by atoms with Gasteiger partial charge in [0.25, 0.3) is 5.91 Å². The molecule has 4 nitrogen and oxygen atoms in total. The average molecular weight is 189 g/mol. The van der Waals surface area contributed by atoms with Crippen molar-refractivity contribution in [3.8, 4) is 0 Å². The SMILES string of the molecule is COCCCN(C)C(=O)C(C)OC. The minimum Gasteiger partial charge on any atom is -0.385 e. The maximum atomic E-state index is 11.4. The second kappa shape index (κ2) is 6.86. The van der Waals surface area contributed by atoms with Crippen LogP contribution in [0.25, 0.3) is 0 Å². The molecule has 0 bridgehead atoms. The Kier molecular flexibility index (Phi) is 6.54. The Labute approximate surface area is 79.8 Å². The van der Waals surface area contributed by atoms with Gasteiger partial charge in [-0.3, -0.25) is 4.79 Å². The van der Waals surface area contributed by atoms with Crippen molar-refractivity contribution >= 4 is 5.91 Å². The molecule has 0 saturated carbocycles. The lowest BCUT2D eigenvalue weighted by molar-refractivity contribution is -0.139. The van der Waals surface area contributed by atoms with Gasteiger partial charge in [-0.1, -0.05) is 0 Å². The summed E-state index contributed by atoms with van der Waals surface area (Å²) < 4.78 is 9.81. The smallest absolute Gasteiger partial charge is 0.251 e. The van der Waals surface area contributed by atoms with Gasteiger partial charge in [0.2, 0.25) is 0 Å². The zero-order valence-corrected chi connectivity index (χ0v) is 8.87. The van der Waals surface area contributed by atoms with Crippen LogP contribution in [0.1, 0.15) is 13.3 Å². The van der Waals surface area contributed by atoms with Crippen molar-refractivity contribution in [2.75, 3.05) is 34.4 Å². The Morgan fingerprint density at radius 2 is 2.08 bits per heavy atom. The van der Waals surface area contributed by atoms with Gasteiger partial charge in [0.15, 0.2) is 0 Å². The quantitative estimate of drug-likeness (QED) is 0.572. The predicted molar refractivity (Wildman–Crippen MR) is 50.6 cm³/mol. The molecule has 0 aliphatic heterocycles. The Morgan fingerprint density at radius 1 is 1.46 bits per heavy atom. The van der Waals surface area contributed by atoms with Gasteiger partial charge < -0.3 is 14.4 Å². The Hall–Kier alpha value is -0.610. The molecule has 0 heterocycles. The summed E-state index contributed by atoms with van der Waals surface area (Å²) in [6, 6.07) is 0. The summed E-state index contributed by atoms with van der Waals surface area (Å²) in [5, 5.41) is 0. The first kappa shape index (κ1) is 12.4. The second-order valence-electron chi connectivity index (χ2n) is 2.98. The molecule has 1 amide bonds. The number of hydrogen-bond acceptors (Lipinski definition) is 3. The van der Waals surface area contributed by atoms with E-state index in [-0.39, 0.29) is 12.0 Å². The molecule has 1 atom stereocenters. The zero-order chi connectivity index (χ0) is 10.3. The fourth-order valence-electron chi connectivity index (χ4n) is 0.967. The standard InChI is InChI=1S/C9H19NO3/c1-8(13-4)9(11)10(2)6-5-7-12-3/h8H,5-7H2,1-4H3. The van der Waals surface area contributed by atoms with Gasteiger partial charge in [-0.15, -0.1) is 0 Å². The summed E-state index contributed by atoms with van der Waals surface area (Å²) in [5.41, 5.74) is 0. The van der Waals surface area contributed by atoms with Crippen molar-refractivity contribution in [3.63, 3.8) is 0 Å². The molecule has 0 spiro atoms. The number of methoxy groups -OCH3 is 2. The number of rotatable bonds is 6. The van der Waals surface area contributed by atoms with E-state index < -0.39 is 0 Å². The number of nitrogens with zero attached hydrogens (tertiary/aromatic N) is 1. The molecule has 0 N–H and O–H groups in total. The zero-order valence-electron chi connectivity index (χ0n) is 8.87. The van der Waals surface area contributed by atoms with Crippen LogP contribution in [0.3, 0.4) is 0 Å². The molecule has 4 heteroatoms. The van der Waals surface area contributed by atoms with Gasteiger partial charge in [-0.25, -0.2) is 0 Å². The molecule has 13 heavy (non-hydrogen) atoms. The molecule has 0 aromatic rings. The number of likely N-dealkylation sites (N-methyl/N-ethyl adjacent to an activating group) is 1. The van der Waals surface area contributed by atoms with E-state index in [1.165, 1.54) is 7.11 Å². The molecule has 0 aliphatic carbocycles. The molecule has 0 aromatic heterocycles. The second-order valence-corrected chi connectivity index (χ2v) is 2.98. The molecule has 0 rings (SSSR count). The van der Waals surface area contributed by atoms with Crippen LogP contribution in [0.4, 0.5) is 0 Å². The summed E-state index contributed by atoms with van der Waals surface area (Å²) in [7, 11) is 4.96. The Bertz CT molecular complexity index is 150. The van der Waals surface area contributed by atoms with Crippen LogP contribution in [0.2, 0.25) is 0 Å². The molecule has 0 aliphatic rings. The van der Waals surface area contributed by atoms with Crippen LogP contribution in [0.5, 0.6) is 0 Å². The number of carbonyl (C=O) groups is 1. The third-order valence-electron chi connectivity index (χ3n) is 1.92. The summed E-state index contributed by atoms with van der Waals surface area (Å²) in [6.07, 6.45) is 0.502. The number of amides is 1. The van der Waals surface area contributed by atoms with Crippen molar-refractivity contribution in [1.82, 2.24) is 4.90 Å². The molecule has 1 unspecified atom stereocenters. The fourth-order valence-corrected chi connectivity index (χ4v) is 0.967. The van der Waals surface area contributed by atoms with Crippen LogP contribution in [0.15, 0.2) is 0 Å². The summed E-state index contributed by atoms with van der Waals surface area (Å²) in [5.74, 6) is 0.0126. The van der Waals surface area contributed by atoms with E-state index in [0.717, 1.165) is 6.42 Å². The Balaban J connectivity index is 3.69. The lowest BCUT2D eigenvalue weighted by Crippen LogP contribution is -2.36. The average Bonchev–Trinajstić information content (AvgIpc) is 2.15. The molecule has 78 valence electrons. The Morgan fingerprint density at radius 3 is 2.54 bits per heavy atom. The summed E-state index contributed by atoms with van der Waals surface area (Å²) >= 11 is 0. The normalized spacial score (nSPS) is 12.6. The van der Waals surface area contributed by atoms with Crippen LogP contribution < -0.4 is 0 Å². The monoisotopic (exact) mass is 189 g/mol. The van der Waals surface area contributed by atoms with Crippen molar-refractivity contribution in [1.29, 1.82) is 0 Å². The van der Waals surface area contributed by atoms with Gasteiger partial charge in [-0.2, -0.15) is 0 Å². The fraction of sp³-hybridized carbons (Fsp3) is 0.889. The van der Waals surface area contributed by atoms with E-state index in [1.54, 1.807) is 26.0 Å². The maximum Gasteiger partial charge on any atom is 0.251 e. The molecular formula is C9H19NO3. The largest absolute Gasteiger partial charge is 0.385 e. The minimum absolute atomic E-state index is 0.0126. The van der Waals surface area contributed by atoms with Gasteiger partial charge in [0, 0.05) is 34.4 Å². The van der Waals surface area contributed by atoms with Gasteiger partial charge >= 0.3 is 0 Å². The van der Waals surface area contributed by atoms with Crippen molar-refractivity contribution < 1.29 is 14.3 Å². The molecule has 0 saturated heterocycles. The third kappa shape index (κ3) is 4.85. The van der Waals surface area contributed by atoms with Crippen LogP contribution >= 0.6 is 0 Å². The van der Waals surface area contributed by atoms with Crippen LogP contribution in [-0.2, 0) is 14.3 Å². The van der Waals surface area contributed by atoms with Gasteiger partial charge in [0.1, 0.15) is 6.10 Å². The number of hydrogen-bond donors (Lipinski definition) is 0. The third-order valence-corrected chi connectivity index (χ3v) is 1.92. The minimum atomic E-state index is -0.354. The molecule has 0 radical (unpaired) electrons. The number of carbonyl (C=O) groups excluding carboxylic acids is 1. The molecule has 0 fully saturated rings. The number of ether oxygens (including phenoxy) is 2. The van der Waals surface area contributed by atoms with Crippen molar-refractivity contribution in [2.24, 2.45) is 0 Å². The van der Waals surface area contributed by atoms with E-state index in [4.69, 9.17) is 9.47 Å². The molecular weight excluding hydrogens is 170 g/mol. The highest BCUT2D eigenvalue weighted by Crippen LogP contribution is 1.96. The van der Waals surface area contributed by atoms with Crippen molar-refractivity contribution in [2.45, 2.75) is 19.4 Å². The van der Waals surface area contributed by atoms with E-state index in [9.17, 15) is 4.79 Å². The van der Waals surface area contributed by atoms with Gasteiger partial charge in [-0.05, 0) is 13.3 Å². The van der Waals surface area contributed by atoms with Gasteiger partial charge in [0.05, 0.1) is 0 Å². The van der Waals surface area contributed by atoms with E-state index in [1.807, 2.05) is 0 Å². The predicted octanol–water partition coefficient (Wildman–Crippen LogP) is 0.516. The summed E-state index contributed by atoms with van der Waals surface area (Å²) in [4.78, 5) is 13.1. The van der Waals surface area contributed by atoms with E-state index >= 15 is 0 Å².